The topological polar surface area (TPSA) is 169 Å². The van der Waals surface area contributed by atoms with Crippen LogP contribution in [0.3, 0.4) is 0 Å². The molecule has 1 aliphatic rings. The van der Waals surface area contributed by atoms with Crippen molar-refractivity contribution in [2.75, 3.05) is 13.4 Å². The van der Waals surface area contributed by atoms with Crippen molar-refractivity contribution in [1.82, 2.24) is 20.0 Å². The van der Waals surface area contributed by atoms with Crippen LogP contribution in [0.2, 0.25) is 0 Å². The number of phosphoric ester groups is 1. The van der Waals surface area contributed by atoms with Crippen LogP contribution in [0.5, 0.6) is 0 Å². The molecule has 3 heterocycles. The largest absolute Gasteiger partial charge is 0.471 e. The minimum Gasteiger partial charge on any atom is -0.394 e. The SMILES string of the molecule is O=P(O)(O)OCO[C@H]1C(n2cc(-c3cc(F)c(F)c(F)c3)nn2)[C@@H](O)C(CO)O[C@@H]1Sc1cncc(Br)c1. The molecule has 0 spiro atoms. The number of aliphatic hydroxyl groups excluding tert-OH is 2. The molecule has 38 heavy (non-hydrogen) atoms. The fraction of sp³-hybridized carbons (Fsp3) is 0.350. The van der Waals surface area contributed by atoms with Gasteiger partial charge in [-0.1, -0.05) is 17.0 Å². The summed E-state index contributed by atoms with van der Waals surface area (Å²) in [6, 6.07) is 1.91. The zero-order valence-corrected chi connectivity index (χ0v) is 22.1. The molecule has 2 unspecified atom stereocenters. The molecule has 18 heteroatoms. The number of nitrogens with zero attached hydrogens (tertiary/aromatic N) is 4. The average Bonchev–Trinajstić information content (AvgIpc) is 3.33. The molecular formula is C20H19BrF3N4O8PS. The Morgan fingerprint density at radius 3 is 2.53 bits per heavy atom. The Morgan fingerprint density at radius 1 is 1.18 bits per heavy atom. The summed E-state index contributed by atoms with van der Waals surface area (Å²) in [5.74, 6) is -4.56. The molecular weight excluding hydrogens is 624 g/mol. The Kier molecular flexibility index (Phi) is 9.24. The molecule has 12 nitrogen and oxygen atoms in total. The molecule has 2 aromatic heterocycles. The summed E-state index contributed by atoms with van der Waals surface area (Å²) in [6.07, 6.45) is 0.320. The fourth-order valence-electron chi connectivity index (χ4n) is 3.66. The smallest absolute Gasteiger partial charge is 0.394 e. The quantitative estimate of drug-likeness (QED) is 0.153. The van der Waals surface area contributed by atoms with Gasteiger partial charge in [0.1, 0.15) is 35.5 Å². The minimum absolute atomic E-state index is 0.0901. The third-order valence-electron chi connectivity index (χ3n) is 5.33. The van der Waals surface area contributed by atoms with Crippen molar-refractivity contribution in [3.63, 3.8) is 0 Å². The van der Waals surface area contributed by atoms with Crippen molar-refractivity contribution < 1.29 is 51.7 Å². The normalized spacial score (nSPS) is 24.1. The van der Waals surface area contributed by atoms with Crippen LogP contribution in [-0.4, -0.2) is 77.1 Å². The summed E-state index contributed by atoms with van der Waals surface area (Å²) in [4.78, 5) is 22.7. The van der Waals surface area contributed by atoms with E-state index in [-0.39, 0.29) is 11.3 Å². The first kappa shape index (κ1) is 29.1. The second kappa shape index (κ2) is 12.1. The maximum atomic E-state index is 13.8. The van der Waals surface area contributed by atoms with Gasteiger partial charge in [0.25, 0.3) is 0 Å². The van der Waals surface area contributed by atoms with Gasteiger partial charge in [0.05, 0.1) is 12.8 Å². The van der Waals surface area contributed by atoms with Crippen LogP contribution in [0.25, 0.3) is 11.3 Å². The maximum absolute atomic E-state index is 13.8. The van der Waals surface area contributed by atoms with E-state index in [1.54, 1.807) is 6.07 Å². The van der Waals surface area contributed by atoms with E-state index in [2.05, 4.69) is 35.7 Å². The van der Waals surface area contributed by atoms with Gasteiger partial charge in [-0.25, -0.2) is 22.4 Å². The Hall–Kier alpha value is -1.92. The van der Waals surface area contributed by atoms with Crippen molar-refractivity contribution in [1.29, 1.82) is 0 Å². The fourth-order valence-corrected chi connectivity index (χ4v) is 5.53. The minimum atomic E-state index is -4.93. The van der Waals surface area contributed by atoms with Crippen LogP contribution in [-0.2, 0) is 18.6 Å². The number of phosphoric acid groups is 1. The van der Waals surface area contributed by atoms with Gasteiger partial charge in [-0.15, -0.1) is 5.10 Å². The summed E-state index contributed by atoms with van der Waals surface area (Å²) < 4.78 is 69.6. The first-order valence-corrected chi connectivity index (χ1v) is 13.8. The summed E-state index contributed by atoms with van der Waals surface area (Å²) in [7, 11) is -4.93. The first-order chi connectivity index (χ1) is 18.0. The van der Waals surface area contributed by atoms with Crippen molar-refractivity contribution in [3.8, 4) is 11.3 Å². The summed E-state index contributed by atoms with van der Waals surface area (Å²) >= 11 is 4.35. The van der Waals surface area contributed by atoms with Crippen LogP contribution >= 0.6 is 35.5 Å². The number of aromatic nitrogens is 4. The predicted octanol–water partition coefficient (Wildman–Crippen LogP) is 2.38. The molecule has 0 aliphatic carbocycles. The molecule has 4 rings (SSSR count). The summed E-state index contributed by atoms with van der Waals surface area (Å²) in [6.45, 7) is -1.55. The third kappa shape index (κ3) is 6.80. The zero-order chi connectivity index (χ0) is 27.6. The van der Waals surface area contributed by atoms with E-state index < -0.39 is 68.5 Å². The molecule has 1 fully saturated rings. The van der Waals surface area contributed by atoms with Crippen LogP contribution in [0.4, 0.5) is 13.2 Å². The van der Waals surface area contributed by atoms with Gasteiger partial charge in [-0.3, -0.25) is 9.51 Å². The number of pyridine rings is 1. The van der Waals surface area contributed by atoms with E-state index >= 15 is 0 Å². The second-order valence-electron chi connectivity index (χ2n) is 7.87. The molecule has 0 bridgehead atoms. The Bertz CT molecular complexity index is 1310. The molecule has 0 saturated carbocycles. The predicted molar refractivity (Wildman–Crippen MR) is 127 cm³/mol. The number of hydrogen-bond acceptors (Lipinski definition) is 10. The highest BCUT2D eigenvalue weighted by Crippen LogP contribution is 2.41. The van der Waals surface area contributed by atoms with Gasteiger partial charge in [-0.05, 0) is 34.1 Å². The van der Waals surface area contributed by atoms with Crippen molar-refractivity contribution in [2.24, 2.45) is 0 Å². The van der Waals surface area contributed by atoms with Crippen molar-refractivity contribution in [3.05, 3.63) is 58.7 Å². The number of ether oxygens (including phenoxy) is 2. The lowest BCUT2D eigenvalue weighted by Gasteiger charge is -2.43. The monoisotopic (exact) mass is 642 g/mol. The molecule has 1 aliphatic heterocycles. The Labute approximate surface area is 225 Å². The van der Waals surface area contributed by atoms with Crippen LogP contribution < -0.4 is 0 Å². The standard InChI is InChI=1S/C20H19BrF3N4O8PS/c21-10-3-11(5-25-4-10)38-20-19(34-8-35-37(31,32)33)17(18(30)15(7-29)36-20)28-6-14(26-27-28)9-1-12(22)16(24)13(23)2-9/h1-6,15,17-20,29-30H,7-8H2,(H2,31,32,33)/t15?,17?,18-,19-,20+/m0/s1. The van der Waals surface area contributed by atoms with Crippen molar-refractivity contribution in [2.45, 2.75) is 34.7 Å². The highest BCUT2D eigenvalue weighted by molar-refractivity contribution is 9.10. The van der Waals surface area contributed by atoms with E-state index in [9.17, 15) is 27.9 Å². The van der Waals surface area contributed by atoms with Gasteiger partial charge in [0.15, 0.2) is 24.2 Å². The molecule has 0 radical (unpaired) electrons. The molecule has 5 atom stereocenters. The van der Waals surface area contributed by atoms with Crippen LogP contribution in [0.1, 0.15) is 6.04 Å². The summed E-state index contributed by atoms with van der Waals surface area (Å²) in [5, 5.41) is 28.6. The highest BCUT2D eigenvalue weighted by atomic mass is 79.9. The van der Waals surface area contributed by atoms with Gasteiger partial charge in [0, 0.05) is 27.3 Å². The first-order valence-electron chi connectivity index (χ1n) is 10.6. The van der Waals surface area contributed by atoms with Crippen molar-refractivity contribution >= 4 is 35.5 Å². The third-order valence-corrected chi connectivity index (χ3v) is 7.32. The molecule has 3 aromatic rings. The molecule has 1 saturated heterocycles. The Morgan fingerprint density at radius 2 is 1.89 bits per heavy atom. The van der Waals surface area contributed by atoms with E-state index in [0.29, 0.717) is 21.5 Å². The number of rotatable bonds is 9. The van der Waals surface area contributed by atoms with Gasteiger partial charge in [0.2, 0.25) is 0 Å². The number of halogens is 4. The second-order valence-corrected chi connectivity index (χ2v) is 11.2. The number of aliphatic hydroxyl groups is 2. The van der Waals surface area contributed by atoms with E-state index in [1.165, 1.54) is 18.6 Å². The highest BCUT2D eigenvalue weighted by Gasteiger charge is 2.48. The average molecular weight is 643 g/mol. The molecule has 206 valence electrons. The van der Waals surface area contributed by atoms with Gasteiger partial charge in [-0.2, -0.15) is 0 Å². The number of benzene rings is 1. The molecule has 1 aromatic carbocycles. The van der Waals surface area contributed by atoms with Crippen LogP contribution in [0, 0.1) is 17.5 Å². The lowest BCUT2D eigenvalue weighted by molar-refractivity contribution is -0.207. The van der Waals surface area contributed by atoms with Gasteiger partial charge >= 0.3 is 7.82 Å². The molecule has 4 N–H and O–H groups in total. The summed E-state index contributed by atoms with van der Waals surface area (Å²) in [5.41, 5.74) is -1.26. The van der Waals surface area contributed by atoms with E-state index in [1.807, 2.05) is 0 Å². The number of thioether (sulfide) groups is 1. The maximum Gasteiger partial charge on any atom is 0.471 e. The molecule has 0 amide bonds. The van der Waals surface area contributed by atoms with E-state index in [0.717, 1.165) is 16.4 Å². The lowest BCUT2D eigenvalue weighted by atomic mass is 9.97. The van der Waals surface area contributed by atoms with Gasteiger partial charge < -0.3 is 29.5 Å². The zero-order valence-electron chi connectivity index (χ0n) is 18.8. The number of hydrogen-bond donors (Lipinski definition) is 4. The van der Waals surface area contributed by atoms with E-state index in [4.69, 9.17) is 19.3 Å². The van der Waals surface area contributed by atoms with Crippen LogP contribution in [0.15, 0.2) is 46.2 Å². The Balaban J connectivity index is 1.71. The lowest BCUT2D eigenvalue weighted by Crippen LogP contribution is -2.56.